The molecular formula is C15H17N7O2S. The smallest absolute Gasteiger partial charge is 0.242 e. The van der Waals surface area contributed by atoms with Gasteiger partial charge in [0.05, 0.1) is 0 Å². The number of aryl methyl sites for hydroxylation is 1. The highest BCUT2D eigenvalue weighted by molar-refractivity contribution is 7.89. The van der Waals surface area contributed by atoms with Gasteiger partial charge >= 0.3 is 0 Å². The largest absolute Gasteiger partial charge is 0.369 e. The Morgan fingerprint density at radius 3 is 2.76 bits per heavy atom. The van der Waals surface area contributed by atoms with Gasteiger partial charge < -0.3 is 5.32 Å². The summed E-state index contributed by atoms with van der Waals surface area (Å²) >= 11 is 0. The number of aromatic nitrogens is 5. The van der Waals surface area contributed by atoms with Crippen LogP contribution in [0.25, 0.3) is 5.82 Å². The molecule has 3 aromatic rings. The maximum absolute atomic E-state index is 12.1. The first-order chi connectivity index (χ1) is 12.1. The molecule has 0 atom stereocenters. The summed E-state index contributed by atoms with van der Waals surface area (Å²) in [4.78, 5) is 16.4. The lowest BCUT2D eigenvalue weighted by atomic mass is 10.5. The molecule has 3 rings (SSSR count). The fraction of sp³-hybridized carbons (Fsp3) is 0.200. The normalized spacial score (nSPS) is 11.4. The zero-order valence-corrected chi connectivity index (χ0v) is 14.3. The van der Waals surface area contributed by atoms with E-state index in [4.69, 9.17) is 0 Å². The lowest BCUT2D eigenvalue weighted by Gasteiger charge is -2.09. The van der Waals surface area contributed by atoms with E-state index >= 15 is 0 Å². The van der Waals surface area contributed by atoms with Gasteiger partial charge in [-0.1, -0.05) is 0 Å². The van der Waals surface area contributed by atoms with Gasteiger partial charge in [-0.05, 0) is 19.1 Å². The molecule has 25 heavy (non-hydrogen) atoms. The summed E-state index contributed by atoms with van der Waals surface area (Å²) in [5.41, 5.74) is 0. The van der Waals surface area contributed by atoms with E-state index in [-0.39, 0.29) is 11.4 Å². The molecule has 0 saturated carbocycles. The van der Waals surface area contributed by atoms with Gasteiger partial charge in [0.15, 0.2) is 0 Å². The highest BCUT2D eigenvalue weighted by Gasteiger charge is 2.12. The quantitative estimate of drug-likeness (QED) is 0.598. The van der Waals surface area contributed by atoms with Crippen LogP contribution in [0.5, 0.6) is 0 Å². The van der Waals surface area contributed by atoms with E-state index in [1.165, 1.54) is 24.8 Å². The average Bonchev–Trinajstić information content (AvgIpc) is 3.06. The number of nitrogens with zero attached hydrogens (tertiary/aromatic N) is 5. The van der Waals surface area contributed by atoms with Gasteiger partial charge in [0.2, 0.25) is 10.0 Å². The Morgan fingerprint density at radius 2 is 2.04 bits per heavy atom. The number of hydrogen-bond acceptors (Lipinski definition) is 7. The second-order valence-electron chi connectivity index (χ2n) is 5.12. The maximum Gasteiger partial charge on any atom is 0.242 e. The number of anilines is 1. The first kappa shape index (κ1) is 17.0. The van der Waals surface area contributed by atoms with Crippen LogP contribution >= 0.6 is 0 Å². The Balaban J connectivity index is 1.57. The molecule has 0 bridgehead atoms. The van der Waals surface area contributed by atoms with Crippen LogP contribution in [0.15, 0.2) is 54.2 Å². The van der Waals surface area contributed by atoms with Crippen molar-refractivity contribution in [2.24, 2.45) is 0 Å². The molecule has 0 unspecified atom stereocenters. The monoisotopic (exact) mass is 359 g/mol. The minimum absolute atomic E-state index is 0.134. The Kier molecular flexibility index (Phi) is 5.00. The average molecular weight is 359 g/mol. The topological polar surface area (TPSA) is 115 Å². The molecule has 3 heterocycles. The number of hydrogen-bond donors (Lipinski definition) is 2. The van der Waals surface area contributed by atoms with Crippen LogP contribution in [0.4, 0.5) is 5.82 Å². The van der Waals surface area contributed by atoms with Gasteiger partial charge in [0.1, 0.15) is 28.7 Å². The molecule has 9 nitrogen and oxygen atoms in total. The van der Waals surface area contributed by atoms with Crippen molar-refractivity contribution in [2.45, 2.75) is 11.8 Å². The van der Waals surface area contributed by atoms with Crippen molar-refractivity contribution in [1.29, 1.82) is 0 Å². The Morgan fingerprint density at radius 1 is 1.16 bits per heavy atom. The Labute approximate surface area is 145 Å². The predicted molar refractivity (Wildman–Crippen MR) is 91.8 cm³/mol. The predicted octanol–water partition coefficient (Wildman–Crippen LogP) is 0.756. The lowest BCUT2D eigenvalue weighted by molar-refractivity contribution is 0.582. The summed E-state index contributed by atoms with van der Waals surface area (Å²) in [6.45, 7) is 2.46. The molecule has 0 fully saturated rings. The van der Waals surface area contributed by atoms with E-state index in [9.17, 15) is 8.42 Å². The van der Waals surface area contributed by atoms with Crippen LogP contribution in [-0.2, 0) is 10.0 Å². The Hall–Kier alpha value is -2.85. The zero-order valence-electron chi connectivity index (χ0n) is 13.5. The first-order valence-corrected chi connectivity index (χ1v) is 9.00. The summed E-state index contributed by atoms with van der Waals surface area (Å²) < 4.78 is 28.5. The van der Waals surface area contributed by atoms with Gasteiger partial charge in [-0.2, -0.15) is 0 Å². The molecule has 0 aliphatic carbocycles. The number of nitrogens with one attached hydrogen (secondary N) is 2. The molecule has 2 N–H and O–H groups in total. The zero-order chi connectivity index (χ0) is 17.7. The third-order valence-corrected chi connectivity index (χ3v) is 4.84. The minimum atomic E-state index is -3.56. The van der Waals surface area contributed by atoms with Crippen molar-refractivity contribution in [3.63, 3.8) is 0 Å². The van der Waals surface area contributed by atoms with Crippen LogP contribution in [-0.4, -0.2) is 46.0 Å². The van der Waals surface area contributed by atoms with E-state index in [0.717, 1.165) is 5.82 Å². The lowest BCUT2D eigenvalue weighted by Crippen LogP contribution is -2.29. The van der Waals surface area contributed by atoms with Crippen LogP contribution in [0.3, 0.4) is 0 Å². The Bertz CT molecular complexity index is 941. The number of pyridine rings is 1. The second-order valence-corrected chi connectivity index (χ2v) is 6.89. The summed E-state index contributed by atoms with van der Waals surface area (Å²) in [6, 6.07) is 4.84. The number of sulfonamides is 1. The summed E-state index contributed by atoms with van der Waals surface area (Å²) in [7, 11) is -3.56. The third-order valence-electron chi connectivity index (χ3n) is 3.39. The van der Waals surface area contributed by atoms with Crippen molar-refractivity contribution in [3.05, 3.63) is 55.1 Å². The van der Waals surface area contributed by atoms with Crippen molar-refractivity contribution >= 4 is 15.8 Å². The van der Waals surface area contributed by atoms with Gasteiger partial charge in [-0.15, -0.1) is 0 Å². The van der Waals surface area contributed by atoms with Gasteiger partial charge in [0, 0.05) is 43.9 Å². The van der Waals surface area contributed by atoms with Crippen LogP contribution in [0, 0.1) is 6.92 Å². The molecule has 0 amide bonds. The highest BCUT2D eigenvalue weighted by atomic mass is 32.2. The number of imidazole rings is 1. The molecule has 10 heteroatoms. The van der Waals surface area contributed by atoms with Gasteiger partial charge in [0.25, 0.3) is 0 Å². The fourth-order valence-corrected chi connectivity index (χ4v) is 3.16. The van der Waals surface area contributed by atoms with Gasteiger partial charge in [-0.25, -0.2) is 28.1 Å². The molecule has 0 aliphatic rings. The van der Waals surface area contributed by atoms with Crippen LogP contribution in [0.2, 0.25) is 0 Å². The molecule has 0 aliphatic heterocycles. The molecule has 0 saturated heterocycles. The highest BCUT2D eigenvalue weighted by Crippen LogP contribution is 2.10. The second kappa shape index (κ2) is 7.36. The van der Waals surface area contributed by atoms with Crippen molar-refractivity contribution < 1.29 is 8.42 Å². The minimum Gasteiger partial charge on any atom is -0.369 e. The molecule has 0 spiro atoms. The van der Waals surface area contributed by atoms with Crippen molar-refractivity contribution in [3.8, 4) is 5.82 Å². The van der Waals surface area contributed by atoms with Crippen LogP contribution in [0.1, 0.15) is 5.82 Å². The summed E-state index contributed by atoms with van der Waals surface area (Å²) in [6.07, 6.45) is 7.77. The van der Waals surface area contributed by atoms with E-state index < -0.39 is 10.0 Å². The van der Waals surface area contributed by atoms with Crippen LogP contribution < -0.4 is 10.0 Å². The third kappa shape index (κ3) is 4.17. The standard InChI is InChI=1S/C15H17N7O2S/c1-12-17-7-8-22(12)15-9-14(19-11-20-15)18-5-6-21-25(23,24)13-3-2-4-16-10-13/h2-4,7-11,21H,5-6H2,1H3,(H,18,19,20). The SMILES string of the molecule is Cc1nccn1-c1cc(NCCNS(=O)(=O)c2cccnc2)ncn1. The maximum atomic E-state index is 12.1. The number of rotatable bonds is 7. The summed E-state index contributed by atoms with van der Waals surface area (Å²) in [5, 5.41) is 3.06. The fourth-order valence-electron chi connectivity index (χ4n) is 2.16. The van der Waals surface area contributed by atoms with Gasteiger partial charge in [-0.3, -0.25) is 9.55 Å². The van der Waals surface area contributed by atoms with Crippen molar-refractivity contribution in [2.75, 3.05) is 18.4 Å². The van der Waals surface area contributed by atoms with E-state index in [0.29, 0.717) is 18.2 Å². The molecule has 130 valence electrons. The molecule has 3 aromatic heterocycles. The van der Waals surface area contributed by atoms with E-state index in [1.54, 1.807) is 18.3 Å². The molecule has 0 radical (unpaired) electrons. The first-order valence-electron chi connectivity index (χ1n) is 7.52. The van der Waals surface area contributed by atoms with E-state index in [1.807, 2.05) is 17.7 Å². The molecule has 0 aromatic carbocycles. The van der Waals surface area contributed by atoms with E-state index in [2.05, 4.69) is 30.0 Å². The summed E-state index contributed by atoms with van der Waals surface area (Å²) in [5.74, 6) is 2.09. The van der Waals surface area contributed by atoms with Crippen molar-refractivity contribution in [1.82, 2.24) is 29.2 Å². The molecular weight excluding hydrogens is 342 g/mol.